The van der Waals surface area contributed by atoms with E-state index < -0.39 is 10.0 Å². The second kappa shape index (κ2) is 6.42. The van der Waals surface area contributed by atoms with Crippen LogP contribution in [-0.4, -0.2) is 26.6 Å². The molecule has 0 atom stereocenters. The van der Waals surface area contributed by atoms with Crippen molar-refractivity contribution in [1.29, 1.82) is 0 Å². The molecular weight excluding hydrogens is 312 g/mol. The van der Waals surface area contributed by atoms with Crippen molar-refractivity contribution in [2.24, 2.45) is 0 Å². The van der Waals surface area contributed by atoms with E-state index in [4.69, 9.17) is 4.74 Å². The standard InChI is InChI=1S/C13H16N2O4S2/c1-9-3-5-11(6-4-9)19-8-7-14-21(17,18)12-10(2)15-13(16)20-12/h3-6,14H,7-8H2,1-2H3,(H,15,16). The Morgan fingerprint density at radius 2 is 1.90 bits per heavy atom. The van der Waals surface area contributed by atoms with Gasteiger partial charge in [0.05, 0.1) is 0 Å². The van der Waals surface area contributed by atoms with Gasteiger partial charge in [0.15, 0.2) is 4.21 Å². The van der Waals surface area contributed by atoms with Gasteiger partial charge in [-0.1, -0.05) is 29.0 Å². The predicted molar refractivity (Wildman–Crippen MR) is 81.5 cm³/mol. The first-order valence-electron chi connectivity index (χ1n) is 6.27. The second-order valence-electron chi connectivity index (χ2n) is 4.49. The fourth-order valence-corrected chi connectivity index (χ4v) is 4.05. The second-order valence-corrected chi connectivity index (χ2v) is 7.43. The number of hydrogen-bond acceptors (Lipinski definition) is 5. The Morgan fingerprint density at radius 3 is 2.48 bits per heavy atom. The van der Waals surface area contributed by atoms with E-state index >= 15 is 0 Å². The van der Waals surface area contributed by atoms with E-state index in [0.29, 0.717) is 22.8 Å². The van der Waals surface area contributed by atoms with Gasteiger partial charge in [-0.05, 0) is 26.0 Å². The maximum absolute atomic E-state index is 12.0. The monoisotopic (exact) mass is 328 g/mol. The van der Waals surface area contributed by atoms with Crippen molar-refractivity contribution in [2.45, 2.75) is 18.1 Å². The van der Waals surface area contributed by atoms with Crippen LogP contribution >= 0.6 is 11.3 Å². The Morgan fingerprint density at radius 1 is 1.24 bits per heavy atom. The number of sulfonamides is 1. The molecule has 0 unspecified atom stereocenters. The molecule has 0 aliphatic heterocycles. The lowest BCUT2D eigenvalue weighted by Crippen LogP contribution is -2.28. The lowest BCUT2D eigenvalue weighted by Gasteiger charge is -2.08. The fraction of sp³-hybridized carbons (Fsp3) is 0.308. The topological polar surface area (TPSA) is 88.3 Å². The van der Waals surface area contributed by atoms with Crippen LogP contribution in [0.3, 0.4) is 0 Å². The van der Waals surface area contributed by atoms with Crippen LogP contribution in [0.5, 0.6) is 5.75 Å². The Bertz CT molecular complexity index is 760. The number of benzene rings is 1. The predicted octanol–water partition coefficient (Wildman–Crippen LogP) is 1.41. The normalized spacial score (nSPS) is 11.5. The Balaban J connectivity index is 1.89. The molecule has 114 valence electrons. The molecular formula is C13H16N2O4S2. The summed E-state index contributed by atoms with van der Waals surface area (Å²) in [4.78, 5) is 13.2. The molecule has 1 aromatic heterocycles. The molecule has 2 aromatic rings. The molecule has 0 bridgehead atoms. The smallest absolute Gasteiger partial charge is 0.305 e. The van der Waals surface area contributed by atoms with E-state index in [1.165, 1.54) is 0 Å². The summed E-state index contributed by atoms with van der Waals surface area (Å²) in [5, 5.41) is 0. The summed E-state index contributed by atoms with van der Waals surface area (Å²) >= 11 is 0.675. The van der Waals surface area contributed by atoms with Gasteiger partial charge >= 0.3 is 4.87 Å². The summed E-state index contributed by atoms with van der Waals surface area (Å²) in [7, 11) is -3.67. The minimum Gasteiger partial charge on any atom is -0.492 e. The highest BCUT2D eigenvalue weighted by Crippen LogP contribution is 2.15. The van der Waals surface area contributed by atoms with Gasteiger partial charge in [-0.25, -0.2) is 13.1 Å². The number of aromatic amines is 1. The zero-order valence-electron chi connectivity index (χ0n) is 11.7. The Hall–Kier alpha value is -1.64. The Kier molecular flexibility index (Phi) is 4.81. The van der Waals surface area contributed by atoms with E-state index in [-0.39, 0.29) is 22.2 Å². The Labute approximate surface area is 126 Å². The molecule has 0 saturated heterocycles. The number of hydrogen-bond donors (Lipinski definition) is 2. The number of aromatic nitrogens is 1. The number of thiazole rings is 1. The zero-order chi connectivity index (χ0) is 15.5. The summed E-state index contributed by atoms with van der Waals surface area (Å²) in [6, 6.07) is 7.48. The lowest BCUT2D eigenvalue weighted by molar-refractivity contribution is 0.323. The van der Waals surface area contributed by atoms with Crippen molar-refractivity contribution in [3.05, 3.63) is 45.2 Å². The average molecular weight is 328 g/mol. The highest BCUT2D eigenvalue weighted by atomic mass is 32.2. The van der Waals surface area contributed by atoms with Crippen molar-refractivity contribution < 1.29 is 13.2 Å². The third-order valence-corrected chi connectivity index (χ3v) is 5.77. The van der Waals surface area contributed by atoms with Crippen LogP contribution in [-0.2, 0) is 10.0 Å². The number of nitrogens with one attached hydrogen (secondary N) is 2. The van der Waals surface area contributed by atoms with Crippen LogP contribution in [0.4, 0.5) is 0 Å². The molecule has 2 rings (SSSR count). The molecule has 0 amide bonds. The summed E-state index contributed by atoms with van der Waals surface area (Å²) < 4.78 is 31.9. The van der Waals surface area contributed by atoms with E-state index in [1.54, 1.807) is 6.92 Å². The molecule has 6 nitrogen and oxygen atoms in total. The van der Waals surface area contributed by atoms with E-state index in [2.05, 4.69) is 9.71 Å². The van der Waals surface area contributed by atoms with Crippen molar-refractivity contribution in [3.8, 4) is 5.75 Å². The van der Waals surface area contributed by atoms with Crippen LogP contribution in [0.1, 0.15) is 11.3 Å². The molecule has 2 N–H and O–H groups in total. The van der Waals surface area contributed by atoms with Crippen molar-refractivity contribution in [3.63, 3.8) is 0 Å². The van der Waals surface area contributed by atoms with Gasteiger partial charge in [-0.15, -0.1) is 0 Å². The molecule has 8 heteroatoms. The van der Waals surface area contributed by atoms with Gasteiger partial charge in [0.25, 0.3) is 10.0 Å². The van der Waals surface area contributed by atoms with Crippen LogP contribution < -0.4 is 14.3 Å². The number of rotatable bonds is 6. The van der Waals surface area contributed by atoms with Crippen LogP contribution in [0, 0.1) is 13.8 Å². The largest absolute Gasteiger partial charge is 0.492 e. The zero-order valence-corrected chi connectivity index (χ0v) is 13.3. The summed E-state index contributed by atoms with van der Waals surface area (Å²) in [5.41, 5.74) is 1.47. The highest BCUT2D eigenvalue weighted by Gasteiger charge is 2.19. The maximum atomic E-state index is 12.0. The van der Waals surface area contributed by atoms with Gasteiger partial charge in [-0.2, -0.15) is 0 Å². The fourth-order valence-electron chi connectivity index (χ4n) is 1.69. The quantitative estimate of drug-likeness (QED) is 0.785. The summed E-state index contributed by atoms with van der Waals surface area (Å²) in [5.74, 6) is 0.683. The van der Waals surface area contributed by atoms with E-state index in [0.717, 1.165) is 5.56 Å². The van der Waals surface area contributed by atoms with Gasteiger partial charge in [0.1, 0.15) is 12.4 Å². The number of aryl methyl sites for hydroxylation is 2. The van der Waals surface area contributed by atoms with Crippen molar-refractivity contribution in [1.82, 2.24) is 9.71 Å². The minimum atomic E-state index is -3.67. The molecule has 0 radical (unpaired) electrons. The molecule has 0 saturated carbocycles. The van der Waals surface area contributed by atoms with Crippen molar-refractivity contribution >= 4 is 21.4 Å². The van der Waals surface area contributed by atoms with Crippen molar-refractivity contribution in [2.75, 3.05) is 13.2 Å². The lowest BCUT2D eigenvalue weighted by atomic mass is 10.2. The molecule has 21 heavy (non-hydrogen) atoms. The van der Waals surface area contributed by atoms with Crippen LogP contribution in [0.15, 0.2) is 33.3 Å². The summed E-state index contributed by atoms with van der Waals surface area (Å²) in [6.07, 6.45) is 0. The first kappa shape index (κ1) is 15.7. The van der Waals surface area contributed by atoms with Crippen LogP contribution in [0.25, 0.3) is 0 Å². The maximum Gasteiger partial charge on any atom is 0.305 e. The number of ether oxygens (including phenoxy) is 1. The first-order chi connectivity index (χ1) is 9.88. The molecule has 1 heterocycles. The molecule has 0 aliphatic rings. The summed E-state index contributed by atoms with van der Waals surface area (Å²) in [6.45, 7) is 3.86. The highest BCUT2D eigenvalue weighted by molar-refractivity contribution is 7.91. The van der Waals surface area contributed by atoms with Gasteiger partial charge in [-0.3, -0.25) is 4.79 Å². The number of H-pyrrole nitrogens is 1. The first-order valence-corrected chi connectivity index (χ1v) is 8.57. The van der Waals surface area contributed by atoms with E-state index in [9.17, 15) is 13.2 Å². The SMILES string of the molecule is Cc1ccc(OCCNS(=O)(=O)c2sc(=O)[nH]c2C)cc1. The minimum absolute atomic E-state index is 0.0165. The van der Waals surface area contributed by atoms with Gasteiger partial charge in [0, 0.05) is 12.2 Å². The molecule has 0 spiro atoms. The molecule has 1 aromatic carbocycles. The van der Waals surface area contributed by atoms with Gasteiger partial charge in [0.2, 0.25) is 0 Å². The van der Waals surface area contributed by atoms with Crippen LogP contribution in [0.2, 0.25) is 0 Å². The average Bonchev–Trinajstić information content (AvgIpc) is 2.77. The molecule has 0 fully saturated rings. The third-order valence-electron chi connectivity index (χ3n) is 2.71. The third kappa shape index (κ3) is 4.16. The van der Waals surface area contributed by atoms with Gasteiger partial charge < -0.3 is 9.72 Å². The van der Waals surface area contributed by atoms with E-state index in [1.807, 2.05) is 31.2 Å². The molecule has 0 aliphatic carbocycles.